The van der Waals surface area contributed by atoms with E-state index in [1.165, 1.54) is 0 Å². The van der Waals surface area contributed by atoms with Gasteiger partial charge in [0, 0.05) is 26.1 Å². The van der Waals surface area contributed by atoms with Crippen molar-refractivity contribution in [3.05, 3.63) is 29.9 Å². The molecule has 0 aromatic carbocycles. The van der Waals surface area contributed by atoms with E-state index in [2.05, 4.69) is 15.1 Å². The standard InChI is InChI=1S/C17H24N6O2/c1-21(2)14(13-8-18-10-22(13)3)17(24)23-7-6-12(9-23)16-19-15(20-25-16)11-4-5-11/h8,10-12,14H,4-7,9H2,1-3H3. The topological polar surface area (TPSA) is 80.3 Å². The van der Waals surface area contributed by atoms with Crippen LogP contribution in [0.3, 0.4) is 0 Å². The molecule has 4 rings (SSSR count). The molecule has 3 heterocycles. The van der Waals surface area contributed by atoms with Crippen LogP contribution in [0, 0.1) is 0 Å². The molecule has 25 heavy (non-hydrogen) atoms. The Morgan fingerprint density at radius 1 is 1.32 bits per heavy atom. The number of hydrogen-bond acceptors (Lipinski definition) is 6. The van der Waals surface area contributed by atoms with Crippen LogP contribution in [0.1, 0.15) is 54.5 Å². The van der Waals surface area contributed by atoms with Crippen molar-refractivity contribution in [2.24, 2.45) is 7.05 Å². The second-order valence-corrected chi connectivity index (χ2v) is 7.33. The summed E-state index contributed by atoms with van der Waals surface area (Å²) >= 11 is 0. The molecule has 8 heteroatoms. The Balaban J connectivity index is 1.47. The smallest absolute Gasteiger partial charge is 0.246 e. The molecule has 0 bridgehead atoms. The van der Waals surface area contributed by atoms with Crippen molar-refractivity contribution < 1.29 is 9.32 Å². The molecule has 2 aliphatic rings. The lowest BCUT2D eigenvalue weighted by atomic mass is 10.1. The fraction of sp³-hybridized carbons (Fsp3) is 0.647. The Kier molecular flexibility index (Phi) is 4.07. The zero-order valence-corrected chi connectivity index (χ0v) is 14.9. The third-order valence-corrected chi connectivity index (χ3v) is 5.13. The van der Waals surface area contributed by atoms with E-state index in [-0.39, 0.29) is 17.9 Å². The average Bonchev–Trinajstić information content (AvgIpc) is 3.00. The van der Waals surface area contributed by atoms with Gasteiger partial charge in [0.25, 0.3) is 0 Å². The molecule has 0 spiro atoms. The lowest BCUT2D eigenvalue weighted by molar-refractivity contribution is -0.135. The van der Waals surface area contributed by atoms with E-state index in [9.17, 15) is 4.79 Å². The van der Waals surface area contributed by atoms with Gasteiger partial charge >= 0.3 is 0 Å². The fourth-order valence-electron chi connectivity index (χ4n) is 3.50. The zero-order chi connectivity index (χ0) is 17.6. The molecular formula is C17H24N6O2. The number of aromatic nitrogens is 4. The van der Waals surface area contributed by atoms with Crippen molar-refractivity contribution in [2.75, 3.05) is 27.2 Å². The van der Waals surface area contributed by atoms with Gasteiger partial charge in [-0.05, 0) is 33.4 Å². The number of aryl methyl sites for hydroxylation is 1. The third-order valence-electron chi connectivity index (χ3n) is 5.13. The van der Waals surface area contributed by atoms with Gasteiger partial charge in [0.15, 0.2) is 5.82 Å². The van der Waals surface area contributed by atoms with Crippen LogP contribution in [0.25, 0.3) is 0 Å². The molecule has 134 valence electrons. The first kappa shape index (κ1) is 16.3. The van der Waals surface area contributed by atoms with Crippen molar-refractivity contribution in [1.82, 2.24) is 29.5 Å². The van der Waals surface area contributed by atoms with Crippen molar-refractivity contribution in [3.8, 4) is 0 Å². The molecule has 8 nitrogen and oxygen atoms in total. The van der Waals surface area contributed by atoms with E-state index in [4.69, 9.17) is 4.52 Å². The highest BCUT2D eigenvalue weighted by atomic mass is 16.5. The first-order valence-corrected chi connectivity index (χ1v) is 8.79. The van der Waals surface area contributed by atoms with Gasteiger partial charge in [-0.15, -0.1) is 0 Å². The monoisotopic (exact) mass is 344 g/mol. The molecule has 1 aliphatic carbocycles. The van der Waals surface area contributed by atoms with Gasteiger partial charge < -0.3 is 14.0 Å². The summed E-state index contributed by atoms with van der Waals surface area (Å²) in [5.41, 5.74) is 0.896. The minimum atomic E-state index is -0.337. The molecule has 2 unspecified atom stereocenters. The van der Waals surface area contributed by atoms with Crippen molar-refractivity contribution >= 4 is 5.91 Å². The number of carbonyl (C=O) groups excluding carboxylic acids is 1. The summed E-state index contributed by atoms with van der Waals surface area (Å²) < 4.78 is 7.35. The summed E-state index contributed by atoms with van der Waals surface area (Å²) in [5.74, 6) is 2.23. The maximum absolute atomic E-state index is 13.1. The molecule has 2 atom stereocenters. The maximum atomic E-state index is 13.1. The van der Waals surface area contributed by atoms with Gasteiger partial charge in [0.2, 0.25) is 11.8 Å². The van der Waals surface area contributed by atoms with Gasteiger partial charge in [-0.25, -0.2) is 4.98 Å². The molecule has 1 saturated heterocycles. The normalized spacial score (nSPS) is 21.9. The highest BCUT2D eigenvalue weighted by Crippen LogP contribution is 2.39. The van der Waals surface area contributed by atoms with Crippen LogP contribution in [-0.2, 0) is 11.8 Å². The quantitative estimate of drug-likeness (QED) is 0.813. The summed E-state index contributed by atoms with van der Waals surface area (Å²) in [4.78, 5) is 25.7. The van der Waals surface area contributed by atoms with Gasteiger partial charge in [0.1, 0.15) is 6.04 Å². The van der Waals surface area contributed by atoms with Gasteiger partial charge in [-0.3, -0.25) is 9.69 Å². The minimum Gasteiger partial charge on any atom is -0.340 e. The van der Waals surface area contributed by atoms with Crippen molar-refractivity contribution in [3.63, 3.8) is 0 Å². The number of imidazole rings is 1. The summed E-state index contributed by atoms with van der Waals surface area (Å²) in [7, 11) is 5.75. The summed E-state index contributed by atoms with van der Waals surface area (Å²) in [5, 5.41) is 4.10. The van der Waals surface area contributed by atoms with Gasteiger partial charge in [0.05, 0.1) is 24.1 Å². The Morgan fingerprint density at radius 3 is 2.76 bits per heavy atom. The second-order valence-electron chi connectivity index (χ2n) is 7.33. The number of nitrogens with zero attached hydrogens (tertiary/aromatic N) is 6. The van der Waals surface area contributed by atoms with E-state index in [1.807, 2.05) is 35.5 Å². The summed E-state index contributed by atoms with van der Waals surface area (Å²) in [6.45, 7) is 1.35. The number of likely N-dealkylation sites (N-methyl/N-ethyl adjacent to an activating group) is 1. The predicted molar refractivity (Wildman–Crippen MR) is 89.8 cm³/mol. The molecule has 1 amide bonds. The molecule has 1 aliphatic heterocycles. The Hall–Kier alpha value is -2.22. The number of likely N-dealkylation sites (tertiary alicyclic amines) is 1. The Bertz CT molecular complexity index is 763. The van der Waals surface area contributed by atoms with Crippen LogP contribution in [-0.4, -0.2) is 62.6 Å². The minimum absolute atomic E-state index is 0.0954. The number of carbonyl (C=O) groups is 1. The fourth-order valence-corrected chi connectivity index (χ4v) is 3.50. The highest BCUT2D eigenvalue weighted by Gasteiger charge is 2.37. The maximum Gasteiger partial charge on any atom is 0.246 e. The third kappa shape index (κ3) is 3.06. The lowest BCUT2D eigenvalue weighted by Crippen LogP contribution is -2.40. The average molecular weight is 344 g/mol. The van der Waals surface area contributed by atoms with Gasteiger partial charge in [-0.1, -0.05) is 5.16 Å². The number of amides is 1. The second kappa shape index (κ2) is 6.25. The van der Waals surface area contributed by atoms with Crippen molar-refractivity contribution in [2.45, 2.75) is 37.1 Å². The Labute approximate surface area is 146 Å². The molecule has 2 aromatic heterocycles. The molecular weight excluding hydrogens is 320 g/mol. The van der Waals surface area contributed by atoms with Crippen LogP contribution in [0.2, 0.25) is 0 Å². The molecule has 2 fully saturated rings. The largest absolute Gasteiger partial charge is 0.340 e. The van der Waals surface area contributed by atoms with Crippen LogP contribution >= 0.6 is 0 Å². The van der Waals surface area contributed by atoms with Crippen LogP contribution in [0.15, 0.2) is 17.0 Å². The summed E-state index contributed by atoms with van der Waals surface area (Å²) in [6.07, 6.45) is 6.66. The molecule has 0 N–H and O–H groups in total. The van der Waals surface area contributed by atoms with E-state index >= 15 is 0 Å². The first-order valence-electron chi connectivity index (χ1n) is 8.79. The van der Waals surface area contributed by atoms with Crippen LogP contribution in [0.4, 0.5) is 0 Å². The molecule has 2 aromatic rings. The lowest BCUT2D eigenvalue weighted by Gasteiger charge is -2.28. The van der Waals surface area contributed by atoms with E-state index in [1.54, 1.807) is 12.5 Å². The van der Waals surface area contributed by atoms with Gasteiger partial charge in [-0.2, -0.15) is 4.98 Å². The van der Waals surface area contributed by atoms with Crippen LogP contribution < -0.4 is 0 Å². The van der Waals surface area contributed by atoms with E-state index < -0.39 is 0 Å². The highest BCUT2D eigenvalue weighted by molar-refractivity contribution is 5.83. The SMILES string of the molecule is CN(C)C(C(=O)N1CCC(c2nc(C3CC3)no2)C1)c1cncn1C. The Morgan fingerprint density at radius 2 is 2.12 bits per heavy atom. The molecule has 1 saturated carbocycles. The first-order chi connectivity index (χ1) is 12.0. The predicted octanol–water partition coefficient (Wildman–Crippen LogP) is 1.30. The number of hydrogen-bond donors (Lipinski definition) is 0. The van der Waals surface area contributed by atoms with E-state index in [0.717, 1.165) is 30.8 Å². The van der Waals surface area contributed by atoms with Crippen molar-refractivity contribution in [1.29, 1.82) is 0 Å². The zero-order valence-electron chi connectivity index (χ0n) is 14.9. The van der Waals surface area contributed by atoms with E-state index in [0.29, 0.717) is 24.9 Å². The number of rotatable bonds is 5. The summed E-state index contributed by atoms with van der Waals surface area (Å²) in [6, 6.07) is -0.337. The van der Waals surface area contributed by atoms with Crippen LogP contribution in [0.5, 0.6) is 0 Å². The molecule has 0 radical (unpaired) electrons.